The number of rotatable bonds is 4. The maximum Gasteiger partial charge on any atom is 0.305 e. The molecule has 0 N–H and O–H groups in total. The van der Waals surface area contributed by atoms with E-state index < -0.39 is 0 Å². The van der Waals surface area contributed by atoms with Gasteiger partial charge in [-0.15, -0.1) is 0 Å². The molecular formula is C18H18O3S. The summed E-state index contributed by atoms with van der Waals surface area (Å²) in [7, 11) is 0. The van der Waals surface area contributed by atoms with Gasteiger partial charge in [0.2, 0.25) is 0 Å². The summed E-state index contributed by atoms with van der Waals surface area (Å²) in [6.45, 7) is 4.28. The minimum Gasteiger partial charge on any atom is -0.465 e. The second-order valence-electron chi connectivity index (χ2n) is 5.29. The first-order valence-electron chi connectivity index (χ1n) is 7.41. The summed E-state index contributed by atoms with van der Waals surface area (Å²) < 4.78 is 11.2. The quantitative estimate of drug-likeness (QED) is 0.635. The highest BCUT2D eigenvalue weighted by atomic mass is 32.2. The fraction of sp³-hybridized carbons (Fsp3) is 0.278. The summed E-state index contributed by atoms with van der Waals surface area (Å²) >= 11 is 1.71. The topological polar surface area (TPSA) is 35.5 Å². The normalized spacial score (nSPS) is 13.5. The van der Waals surface area contributed by atoms with Crippen LogP contribution in [-0.2, 0) is 9.53 Å². The van der Waals surface area contributed by atoms with Crippen LogP contribution in [0, 0.1) is 0 Å². The summed E-state index contributed by atoms with van der Waals surface area (Å²) in [6, 6.07) is 14.2. The molecule has 0 fully saturated rings. The van der Waals surface area contributed by atoms with Gasteiger partial charge in [-0.05, 0) is 29.8 Å². The average molecular weight is 314 g/mol. The van der Waals surface area contributed by atoms with Gasteiger partial charge in [-0.1, -0.05) is 43.8 Å². The number of carbonyl (C=O) groups excluding carboxylic acids is 1. The van der Waals surface area contributed by atoms with Crippen molar-refractivity contribution in [3.63, 3.8) is 0 Å². The molecule has 1 atom stereocenters. The lowest BCUT2D eigenvalue weighted by Crippen LogP contribution is -2.10. The highest BCUT2D eigenvalue weighted by molar-refractivity contribution is 7.99. The first-order valence-corrected chi connectivity index (χ1v) is 8.23. The van der Waals surface area contributed by atoms with Crippen molar-refractivity contribution in [1.29, 1.82) is 0 Å². The Bertz CT molecular complexity index is 696. The van der Waals surface area contributed by atoms with Crippen molar-refractivity contribution in [2.75, 3.05) is 6.61 Å². The lowest BCUT2D eigenvalue weighted by Gasteiger charge is -2.21. The molecule has 1 heterocycles. The Morgan fingerprint density at radius 2 is 1.95 bits per heavy atom. The molecule has 0 saturated carbocycles. The van der Waals surface area contributed by atoms with E-state index in [2.05, 4.69) is 19.1 Å². The molecule has 0 aromatic heterocycles. The van der Waals surface area contributed by atoms with Crippen LogP contribution in [0.15, 0.2) is 52.3 Å². The zero-order valence-electron chi connectivity index (χ0n) is 12.7. The van der Waals surface area contributed by atoms with Crippen LogP contribution in [0.1, 0.15) is 31.7 Å². The molecule has 3 nitrogen and oxygen atoms in total. The molecule has 2 aromatic carbocycles. The number of esters is 1. The first-order chi connectivity index (χ1) is 10.7. The number of carbonyl (C=O) groups is 1. The van der Waals surface area contributed by atoms with Crippen LogP contribution in [0.4, 0.5) is 0 Å². The third kappa shape index (κ3) is 3.12. The molecule has 4 heteroatoms. The molecule has 0 amide bonds. The van der Waals surface area contributed by atoms with Crippen molar-refractivity contribution in [3.8, 4) is 11.5 Å². The predicted octanol–water partition coefficient (Wildman–Crippen LogP) is 5.00. The van der Waals surface area contributed by atoms with Gasteiger partial charge in [0.15, 0.2) is 0 Å². The summed E-state index contributed by atoms with van der Waals surface area (Å²) in [5.41, 5.74) is 1.15. The Labute approximate surface area is 134 Å². The number of hydrogen-bond acceptors (Lipinski definition) is 4. The van der Waals surface area contributed by atoms with Crippen molar-refractivity contribution in [2.45, 2.75) is 36.0 Å². The predicted molar refractivity (Wildman–Crippen MR) is 86.7 cm³/mol. The number of hydrogen-bond donors (Lipinski definition) is 0. The van der Waals surface area contributed by atoms with Gasteiger partial charge in [0.05, 0.1) is 16.4 Å². The molecule has 114 valence electrons. The van der Waals surface area contributed by atoms with E-state index in [4.69, 9.17) is 9.47 Å². The Balaban J connectivity index is 1.76. The van der Waals surface area contributed by atoms with Crippen molar-refractivity contribution >= 4 is 17.7 Å². The SMILES string of the molecule is CCC(=O)OCC(C)c1ccc2c(c1)Sc1ccccc1O2. The molecule has 3 rings (SSSR count). The van der Waals surface area contributed by atoms with E-state index in [1.54, 1.807) is 18.7 Å². The minimum absolute atomic E-state index is 0.156. The van der Waals surface area contributed by atoms with E-state index in [1.165, 1.54) is 0 Å². The number of benzene rings is 2. The maximum atomic E-state index is 11.3. The second-order valence-corrected chi connectivity index (χ2v) is 6.38. The standard InChI is InChI=1S/C18H18O3S/c1-3-18(19)20-11-12(2)13-8-9-15-17(10-13)22-16-7-5-4-6-14(16)21-15/h4-10,12H,3,11H2,1-2H3. The molecule has 1 aliphatic heterocycles. The fourth-order valence-electron chi connectivity index (χ4n) is 2.27. The van der Waals surface area contributed by atoms with Gasteiger partial charge < -0.3 is 9.47 Å². The molecule has 2 aromatic rings. The van der Waals surface area contributed by atoms with E-state index >= 15 is 0 Å². The third-order valence-corrected chi connectivity index (χ3v) is 4.70. The highest BCUT2D eigenvalue weighted by Crippen LogP contribution is 2.47. The number of ether oxygens (including phenoxy) is 2. The summed E-state index contributed by atoms with van der Waals surface area (Å²) in [5.74, 6) is 1.79. The minimum atomic E-state index is -0.156. The monoisotopic (exact) mass is 314 g/mol. The molecule has 22 heavy (non-hydrogen) atoms. The maximum absolute atomic E-state index is 11.3. The van der Waals surface area contributed by atoms with E-state index in [9.17, 15) is 4.79 Å². The van der Waals surface area contributed by atoms with Gasteiger partial charge in [0, 0.05) is 12.3 Å². The van der Waals surface area contributed by atoms with E-state index in [-0.39, 0.29) is 11.9 Å². The summed E-state index contributed by atoms with van der Waals surface area (Å²) in [5, 5.41) is 0. The molecule has 0 spiro atoms. The molecule has 0 saturated heterocycles. The molecule has 1 unspecified atom stereocenters. The van der Waals surface area contributed by atoms with Gasteiger partial charge in [-0.25, -0.2) is 0 Å². The zero-order chi connectivity index (χ0) is 15.5. The Kier molecular flexibility index (Phi) is 4.39. The first kappa shape index (κ1) is 15.0. The van der Waals surface area contributed by atoms with E-state index in [0.717, 1.165) is 26.9 Å². The van der Waals surface area contributed by atoms with Crippen LogP contribution in [0.2, 0.25) is 0 Å². The Morgan fingerprint density at radius 1 is 1.18 bits per heavy atom. The van der Waals surface area contributed by atoms with Gasteiger partial charge in [-0.3, -0.25) is 4.79 Å². The third-order valence-electron chi connectivity index (χ3n) is 3.61. The van der Waals surface area contributed by atoms with Gasteiger partial charge in [0.1, 0.15) is 11.5 Å². The molecule has 0 aliphatic carbocycles. The Hall–Kier alpha value is -1.94. The van der Waals surface area contributed by atoms with E-state index in [0.29, 0.717) is 13.0 Å². The van der Waals surface area contributed by atoms with Crippen LogP contribution < -0.4 is 4.74 Å². The highest BCUT2D eigenvalue weighted by Gasteiger charge is 2.19. The number of para-hydroxylation sites is 1. The molecular weight excluding hydrogens is 296 g/mol. The largest absolute Gasteiger partial charge is 0.465 e. The van der Waals surface area contributed by atoms with Crippen LogP contribution in [0.3, 0.4) is 0 Å². The molecule has 1 aliphatic rings. The summed E-state index contributed by atoms with van der Waals surface area (Å²) in [4.78, 5) is 13.5. The van der Waals surface area contributed by atoms with Crippen LogP contribution in [0.5, 0.6) is 11.5 Å². The second kappa shape index (κ2) is 6.44. The smallest absolute Gasteiger partial charge is 0.305 e. The van der Waals surface area contributed by atoms with Crippen molar-refractivity contribution in [2.24, 2.45) is 0 Å². The van der Waals surface area contributed by atoms with Crippen LogP contribution >= 0.6 is 11.8 Å². The summed E-state index contributed by atoms with van der Waals surface area (Å²) in [6.07, 6.45) is 0.414. The van der Waals surface area contributed by atoms with Crippen LogP contribution in [-0.4, -0.2) is 12.6 Å². The zero-order valence-corrected chi connectivity index (χ0v) is 13.5. The van der Waals surface area contributed by atoms with Gasteiger partial charge >= 0.3 is 5.97 Å². The van der Waals surface area contributed by atoms with Gasteiger partial charge in [0.25, 0.3) is 0 Å². The van der Waals surface area contributed by atoms with Crippen molar-refractivity contribution < 1.29 is 14.3 Å². The molecule has 0 bridgehead atoms. The lowest BCUT2D eigenvalue weighted by molar-refractivity contribution is -0.143. The number of fused-ring (bicyclic) bond motifs is 2. The van der Waals surface area contributed by atoms with Crippen LogP contribution in [0.25, 0.3) is 0 Å². The van der Waals surface area contributed by atoms with Gasteiger partial charge in [-0.2, -0.15) is 0 Å². The average Bonchev–Trinajstić information content (AvgIpc) is 2.56. The lowest BCUT2D eigenvalue weighted by atomic mass is 10.0. The molecule has 0 radical (unpaired) electrons. The van der Waals surface area contributed by atoms with Crippen molar-refractivity contribution in [1.82, 2.24) is 0 Å². The Morgan fingerprint density at radius 3 is 2.77 bits per heavy atom. The fourth-order valence-corrected chi connectivity index (χ4v) is 3.27. The van der Waals surface area contributed by atoms with Crippen molar-refractivity contribution in [3.05, 3.63) is 48.0 Å². The van der Waals surface area contributed by atoms with E-state index in [1.807, 2.05) is 30.3 Å².